The van der Waals surface area contributed by atoms with E-state index < -0.39 is 24.1 Å². The first-order valence-electron chi connectivity index (χ1n) is 9.08. The number of anilines is 1. The number of carbonyl (C=O) groups is 2. The first-order valence-corrected chi connectivity index (χ1v) is 9.08. The summed E-state index contributed by atoms with van der Waals surface area (Å²) >= 11 is 0. The largest absolute Gasteiger partial charge is 0.542 e. The van der Waals surface area contributed by atoms with Crippen molar-refractivity contribution in [3.63, 3.8) is 0 Å². The SMILES string of the molecule is O=C([O-])C(F)(F)F.O=C(c1ccc(N2CCC(Cc3ccccc3)C2)[nH+]c1)C(F)(F)F. The van der Waals surface area contributed by atoms with Crippen LogP contribution in [0.1, 0.15) is 22.3 Å². The molecule has 3 rings (SSSR count). The highest BCUT2D eigenvalue weighted by atomic mass is 19.4. The molecule has 1 aromatic carbocycles. The van der Waals surface area contributed by atoms with Gasteiger partial charge in [-0.25, -0.2) is 4.98 Å². The van der Waals surface area contributed by atoms with E-state index >= 15 is 0 Å². The summed E-state index contributed by atoms with van der Waals surface area (Å²) in [6.07, 6.45) is -6.88. The minimum Gasteiger partial charge on any atom is -0.542 e. The molecule has 0 aliphatic carbocycles. The van der Waals surface area contributed by atoms with E-state index in [1.54, 1.807) is 6.07 Å². The predicted molar refractivity (Wildman–Crippen MR) is 94.9 cm³/mol. The summed E-state index contributed by atoms with van der Waals surface area (Å²) < 4.78 is 68.8. The van der Waals surface area contributed by atoms with Crippen molar-refractivity contribution in [1.29, 1.82) is 0 Å². The van der Waals surface area contributed by atoms with Gasteiger partial charge in [0, 0.05) is 12.0 Å². The number of aromatic amines is 1. The van der Waals surface area contributed by atoms with Crippen LogP contribution in [0.15, 0.2) is 48.7 Å². The number of carboxylic acid groups (broad SMARTS) is 1. The number of hydrogen-bond acceptors (Lipinski definition) is 4. The number of hydrogen-bond donors (Lipinski definition) is 0. The molecule has 1 atom stereocenters. The molecular weight excluding hydrogens is 430 g/mol. The summed E-state index contributed by atoms with van der Waals surface area (Å²) in [5, 5.41) is 8.78. The maximum Gasteiger partial charge on any atom is 0.455 e. The number of Topliss-reactive ketones (excluding diaryl/α,β-unsaturated/α-hetero) is 1. The summed E-state index contributed by atoms with van der Waals surface area (Å²) in [6.45, 7) is 1.69. The number of nitrogens with zero attached hydrogens (tertiary/aromatic N) is 1. The first-order chi connectivity index (χ1) is 14.4. The van der Waals surface area contributed by atoms with Crippen LogP contribution in [-0.4, -0.2) is 37.2 Å². The third-order valence-corrected chi connectivity index (χ3v) is 4.54. The van der Waals surface area contributed by atoms with Gasteiger partial charge in [-0.3, -0.25) is 9.69 Å². The zero-order valence-electron chi connectivity index (χ0n) is 16.0. The van der Waals surface area contributed by atoms with E-state index in [0.29, 0.717) is 5.92 Å². The van der Waals surface area contributed by atoms with Crippen LogP contribution in [-0.2, 0) is 11.2 Å². The van der Waals surface area contributed by atoms with E-state index in [9.17, 15) is 31.1 Å². The fourth-order valence-electron chi connectivity index (χ4n) is 3.08. The van der Waals surface area contributed by atoms with E-state index in [1.807, 2.05) is 18.2 Å². The zero-order valence-corrected chi connectivity index (χ0v) is 16.0. The van der Waals surface area contributed by atoms with Crippen LogP contribution >= 0.6 is 0 Å². The van der Waals surface area contributed by atoms with Gasteiger partial charge in [0.1, 0.15) is 5.97 Å². The number of benzene rings is 1. The number of H-pyrrole nitrogens is 1. The molecule has 31 heavy (non-hydrogen) atoms. The Kier molecular flexibility index (Phi) is 7.64. The molecule has 1 fully saturated rings. The second-order valence-electron chi connectivity index (χ2n) is 6.87. The molecule has 0 saturated carbocycles. The summed E-state index contributed by atoms with van der Waals surface area (Å²) in [4.78, 5) is 24.9. The molecule has 2 heterocycles. The minimum absolute atomic E-state index is 0.369. The van der Waals surface area contributed by atoms with E-state index in [1.165, 1.54) is 11.6 Å². The lowest BCUT2D eigenvalue weighted by molar-refractivity contribution is -0.364. The number of ketones is 1. The average Bonchev–Trinajstić information content (AvgIpc) is 3.16. The molecule has 1 unspecified atom stereocenters. The molecule has 1 N–H and O–H groups in total. The lowest BCUT2D eigenvalue weighted by Crippen LogP contribution is -2.37. The average molecular weight is 448 g/mol. The van der Waals surface area contributed by atoms with Crippen molar-refractivity contribution in [3.8, 4) is 0 Å². The number of pyridine rings is 1. The number of halogens is 6. The van der Waals surface area contributed by atoms with Gasteiger partial charge in [-0.2, -0.15) is 26.3 Å². The second kappa shape index (κ2) is 9.80. The van der Waals surface area contributed by atoms with Gasteiger partial charge in [0.15, 0.2) is 0 Å². The number of aromatic nitrogens is 1. The van der Waals surface area contributed by atoms with Gasteiger partial charge in [0.05, 0.1) is 24.8 Å². The number of nitrogens with one attached hydrogen (secondary N) is 1. The number of alkyl halides is 6. The van der Waals surface area contributed by atoms with Crippen LogP contribution in [0.4, 0.5) is 32.2 Å². The van der Waals surface area contributed by atoms with Crippen molar-refractivity contribution in [2.24, 2.45) is 5.92 Å². The van der Waals surface area contributed by atoms with Gasteiger partial charge in [0.2, 0.25) is 0 Å². The molecule has 0 spiro atoms. The molecule has 168 valence electrons. The third-order valence-electron chi connectivity index (χ3n) is 4.54. The lowest BCUT2D eigenvalue weighted by atomic mass is 9.99. The molecular formula is C20H18F6N2O3. The zero-order chi connectivity index (χ0) is 23.2. The topological polar surface area (TPSA) is 74.6 Å². The van der Waals surface area contributed by atoms with Gasteiger partial charge in [-0.1, -0.05) is 30.3 Å². The number of aliphatic carboxylic acids is 1. The fourth-order valence-corrected chi connectivity index (χ4v) is 3.08. The molecule has 5 nitrogen and oxygen atoms in total. The van der Waals surface area contributed by atoms with Crippen LogP contribution in [0.5, 0.6) is 0 Å². The van der Waals surface area contributed by atoms with Crippen molar-refractivity contribution >= 4 is 17.6 Å². The standard InChI is InChI=1S/C18H17F3N2O.C2HF3O2/c19-18(20,21)17(24)15-6-7-16(22-11-15)23-9-8-14(12-23)10-13-4-2-1-3-5-13;3-2(4,5)1(6)7/h1-7,11,14H,8-10,12H2;(H,6,7). The summed E-state index contributed by atoms with van der Waals surface area (Å²) in [6, 6.07) is 13.0. The van der Waals surface area contributed by atoms with Gasteiger partial charge >= 0.3 is 12.4 Å². The van der Waals surface area contributed by atoms with Crippen LogP contribution in [0.25, 0.3) is 0 Å². The Morgan fingerprint density at radius 1 is 1.00 bits per heavy atom. The first kappa shape index (κ1) is 24.2. The highest BCUT2D eigenvalue weighted by molar-refractivity contribution is 5.99. The Balaban J connectivity index is 0.000000423. The lowest BCUT2D eigenvalue weighted by Gasteiger charge is -2.11. The predicted octanol–water partition coefficient (Wildman–Crippen LogP) is 2.61. The number of rotatable bonds is 4. The molecule has 1 aromatic heterocycles. The Labute approximate surface area is 173 Å². The van der Waals surface area contributed by atoms with Crippen molar-refractivity contribution in [2.45, 2.75) is 25.2 Å². The quantitative estimate of drug-likeness (QED) is 0.533. The van der Waals surface area contributed by atoms with E-state index in [0.717, 1.165) is 37.9 Å². The maximum atomic E-state index is 12.4. The maximum absolute atomic E-state index is 12.4. The van der Waals surface area contributed by atoms with Crippen LogP contribution in [0.3, 0.4) is 0 Å². The van der Waals surface area contributed by atoms with Crippen molar-refractivity contribution in [1.82, 2.24) is 0 Å². The fraction of sp³-hybridized carbons (Fsp3) is 0.350. The molecule has 0 bridgehead atoms. The highest BCUT2D eigenvalue weighted by Gasteiger charge is 2.40. The molecule has 0 amide bonds. The van der Waals surface area contributed by atoms with E-state index in [-0.39, 0.29) is 5.56 Å². The Bertz CT molecular complexity index is 883. The summed E-state index contributed by atoms with van der Waals surface area (Å²) in [5.41, 5.74) is 0.922. The molecule has 11 heteroatoms. The third kappa shape index (κ3) is 7.26. The minimum atomic E-state index is -5.19. The molecule has 2 aromatic rings. The van der Waals surface area contributed by atoms with Crippen molar-refractivity contribution < 1.29 is 46.0 Å². The molecule has 1 saturated heterocycles. The van der Waals surface area contributed by atoms with Gasteiger partial charge < -0.3 is 9.90 Å². The summed E-state index contributed by atoms with van der Waals surface area (Å²) in [7, 11) is 0. The van der Waals surface area contributed by atoms with Crippen LogP contribution < -0.4 is 15.0 Å². The summed E-state index contributed by atoms with van der Waals surface area (Å²) in [5.74, 6) is -3.58. The monoisotopic (exact) mass is 448 g/mol. The Hall–Kier alpha value is -3.11. The van der Waals surface area contributed by atoms with Gasteiger partial charge in [0.25, 0.3) is 11.6 Å². The van der Waals surface area contributed by atoms with Crippen molar-refractivity contribution in [3.05, 3.63) is 59.8 Å². The van der Waals surface area contributed by atoms with Gasteiger partial charge in [-0.15, -0.1) is 0 Å². The smallest absolute Gasteiger partial charge is 0.455 e. The van der Waals surface area contributed by atoms with Crippen LogP contribution in [0, 0.1) is 5.92 Å². The number of carbonyl (C=O) groups excluding carboxylic acids is 2. The Morgan fingerprint density at radius 3 is 2.10 bits per heavy atom. The molecule has 1 aliphatic rings. The normalized spacial score (nSPS) is 16.5. The van der Waals surface area contributed by atoms with Gasteiger partial charge in [-0.05, 0) is 24.5 Å². The van der Waals surface area contributed by atoms with Crippen molar-refractivity contribution in [2.75, 3.05) is 18.0 Å². The van der Waals surface area contributed by atoms with E-state index in [2.05, 4.69) is 22.0 Å². The van der Waals surface area contributed by atoms with Crippen LogP contribution in [0.2, 0.25) is 0 Å². The van der Waals surface area contributed by atoms with E-state index in [4.69, 9.17) is 9.90 Å². The number of carboxylic acids is 1. The molecule has 0 radical (unpaired) electrons. The molecule has 1 aliphatic heterocycles. The second-order valence-corrected chi connectivity index (χ2v) is 6.87. The highest BCUT2D eigenvalue weighted by Crippen LogP contribution is 2.25. The Morgan fingerprint density at radius 2 is 1.61 bits per heavy atom.